The van der Waals surface area contributed by atoms with Crippen LogP contribution in [0.1, 0.15) is 53.1 Å². The molecule has 168 valence electrons. The number of hydrogen-bond donors (Lipinski definition) is 0. The van der Waals surface area contributed by atoms with Crippen molar-refractivity contribution in [3.8, 4) is 5.75 Å². The van der Waals surface area contributed by atoms with Gasteiger partial charge in [0, 0.05) is 32.2 Å². The number of carbonyl (C=O) groups excluding carboxylic acids is 1. The van der Waals surface area contributed by atoms with Crippen LogP contribution in [0.4, 0.5) is 0 Å². The van der Waals surface area contributed by atoms with Crippen molar-refractivity contribution in [3.63, 3.8) is 0 Å². The van der Waals surface area contributed by atoms with Gasteiger partial charge in [-0.3, -0.25) is 9.69 Å². The van der Waals surface area contributed by atoms with Crippen molar-refractivity contribution in [2.45, 2.75) is 52.2 Å². The standard InChI is InChI=1S/C26H31N3O3/c1-18-24(19(2)32-27-18)17-31-25-16-21-8-4-3-7-20(21)15-23(25)26(30)29-13-11-28(12-14-29)22-9-5-6-10-22/h3-4,7-8,15-16,22H,5-6,9-14,17H2,1-2H3. The van der Waals surface area contributed by atoms with E-state index in [4.69, 9.17) is 9.26 Å². The fraction of sp³-hybridized carbons (Fsp3) is 0.462. The summed E-state index contributed by atoms with van der Waals surface area (Å²) in [6, 6.07) is 12.8. The highest BCUT2D eigenvalue weighted by Crippen LogP contribution is 2.30. The molecule has 32 heavy (non-hydrogen) atoms. The summed E-state index contributed by atoms with van der Waals surface area (Å²) in [5.41, 5.74) is 2.38. The maximum Gasteiger partial charge on any atom is 0.257 e. The molecule has 0 unspecified atom stereocenters. The number of fused-ring (bicyclic) bond motifs is 1. The molecule has 1 aliphatic carbocycles. The van der Waals surface area contributed by atoms with Crippen LogP contribution in [0.2, 0.25) is 0 Å². The van der Waals surface area contributed by atoms with Crippen molar-refractivity contribution in [3.05, 3.63) is 59.0 Å². The Bertz CT molecular complexity index is 1090. The maximum absolute atomic E-state index is 13.6. The molecular formula is C26H31N3O3. The number of nitrogens with zero attached hydrogens (tertiary/aromatic N) is 3. The predicted octanol–water partition coefficient (Wildman–Crippen LogP) is 4.72. The van der Waals surface area contributed by atoms with Crippen molar-refractivity contribution >= 4 is 16.7 Å². The topological polar surface area (TPSA) is 58.8 Å². The van der Waals surface area contributed by atoms with E-state index in [2.05, 4.69) is 10.1 Å². The lowest BCUT2D eigenvalue weighted by Gasteiger charge is -2.38. The fourth-order valence-corrected chi connectivity index (χ4v) is 5.09. The Hall–Kier alpha value is -2.86. The van der Waals surface area contributed by atoms with E-state index < -0.39 is 0 Å². The molecule has 0 atom stereocenters. The van der Waals surface area contributed by atoms with Crippen LogP contribution in [0.3, 0.4) is 0 Å². The van der Waals surface area contributed by atoms with Crippen LogP contribution in [-0.2, 0) is 6.61 Å². The van der Waals surface area contributed by atoms with Gasteiger partial charge in [-0.15, -0.1) is 0 Å². The summed E-state index contributed by atoms with van der Waals surface area (Å²) in [4.78, 5) is 18.1. The van der Waals surface area contributed by atoms with Gasteiger partial charge in [-0.25, -0.2) is 0 Å². The Labute approximate surface area is 189 Å². The molecule has 3 aromatic rings. The lowest BCUT2D eigenvalue weighted by molar-refractivity contribution is 0.0569. The van der Waals surface area contributed by atoms with Crippen molar-refractivity contribution in [2.75, 3.05) is 26.2 Å². The van der Waals surface area contributed by atoms with Gasteiger partial charge in [0.2, 0.25) is 0 Å². The molecule has 1 aromatic heterocycles. The van der Waals surface area contributed by atoms with Crippen LogP contribution in [0, 0.1) is 13.8 Å². The molecule has 1 aliphatic heterocycles. The van der Waals surface area contributed by atoms with Crippen molar-refractivity contribution < 1.29 is 14.1 Å². The third-order valence-corrected chi connectivity index (χ3v) is 7.07. The van der Waals surface area contributed by atoms with Gasteiger partial charge in [0.15, 0.2) is 0 Å². The van der Waals surface area contributed by atoms with Gasteiger partial charge in [-0.05, 0) is 49.6 Å². The monoisotopic (exact) mass is 433 g/mol. The minimum Gasteiger partial charge on any atom is -0.488 e. The number of aromatic nitrogens is 1. The van der Waals surface area contributed by atoms with E-state index in [-0.39, 0.29) is 5.91 Å². The quantitative estimate of drug-likeness (QED) is 0.583. The minimum absolute atomic E-state index is 0.0515. The van der Waals surface area contributed by atoms with Crippen LogP contribution in [0.5, 0.6) is 5.75 Å². The van der Waals surface area contributed by atoms with Crippen LogP contribution < -0.4 is 4.74 Å². The second-order valence-corrected chi connectivity index (χ2v) is 9.05. The Morgan fingerprint density at radius 1 is 1.06 bits per heavy atom. The van der Waals surface area contributed by atoms with Crippen LogP contribution in [-0.4, -0.2) is 53.1 Å². The molecule has 2 aliphatic rings. The molecule has 1 saturated carbocycles. The van der Waals surface area contributed by atoms with E-state index in [0.717, 1.165) is 54.0 Å². The lowest BCUT2D eigenvalue weighted by Crippen LogP contribution is -2.51. The largest absolute Gasteiger partial charge is 0.488 e. The average molecular weight is 434 g/mol. The third kappa shape index (κ3) is 4.11. The molecule has 1 amide bonds. The van der Waals surface area contributed by atoms with Crippen LogP contribution in [0.15, 0.2) is 40.9 Å². The molecule has 1 saturated heterocycles. The summed E-state index contributed by atoms with van der Waals surface area (Å²) in [6.45, 7) is 7.57. The molecule has 0 radical (unpaired) electrons. The number of hydrogen-bond acceptors (Lipinski definition) is 5. The van der Waals surface area contributed by atoms with Gasteiger partial charge in [-0.1, -0.05) is 42.3 Å². The zero-order chi connectivity index (χ0) is 22.1. The van der Waals surface area contributed by atoms with Gasteiger partial charge >= 0.3 is 0 Å². The highest BCUT2D eigenvalue weighted by molar-refractivity contribution is 6.01. The number of ether oxygens (including phenoxy) is 1. The first-order valence-corrected chi connectivity index (χ1v) is 11.7. The van der Waals surface area contributed by atoms with Crippen molar-refractivity contribution in [1.82, 2.24) is 15.0 Å². The summed E-state index contributed by atoms with van der Waals surface area (Å²) < 4.78 is 11.5. The Kier molecular flexibility index (Phi) is 5.87. The second-order valence-electron chi connectivity index (χ2n) is 9.05. The van der Waals surface area contributed by atoms with E-state index in [0.29, 0.717) is 24.0 Å². The molecular weight excluding hydrogens is 402 g/mol. The van der Waals surface area contributed by atoms with E-state index in [1.807, 2.05) is 55.1 Å². The number of amides is 1. The summed E-state index contributed by atoms with van der Waals surface area (Å²) in [5.74, 6) is 1.42. The number of rotatable bonds is 5. The number of piperazine rings is 1. The first-order valence-electron chi connectivity index (χ1n) is 11.7. The van der Waals surface area contributed by atoms with Crippen molar-refractivity contribution in [2.24, 2.45) is 0 Å². The van der Waals surface area contributed by atoms with E-state index in [9.17, 15) is 4.79 Å². The number of carbonyl (C=O) groups is 1. The van der Waals surface area contributed by atoms with Gasteiger partial charge in [0.25, 0.3) is 5.91 Å². The van der Waals surface area contributed by atoms with E-state index >= 15 is 0 Å². The molecule has 0 N–H and O–H groups in total. The van der Waals surface area contributed by atoms with Gasteiger partial charge < -0.3 is 14.2 Å². The summed E-state index contributed by atoms with van der Waals surface area (Å²) >= 11 is 0. The predicted molar refractivity (Wildman–Crippen MR) is 124 cm³/mol. The molecule has 6 nitrogen and oxygen atoms in total. The molecule has 6 heteroatoms. The highest BCUT2D eigenvalue weighted by atomic mass is 16.5. The number of aryl methyl sites for hydroxylation is 2. The molecule has 2 aromatic carbocycles. The van der Waals surface area contributed by atoms with Crippen LogP contribution in [0.25, 0.3) is 10.8 Å². The molecule has 2 heterocycles. The summed E-state index contributed by atoms with van der Waals surface area (Å²) in [6.07, 6.45) is 5.29. The van der Waals surface area contributed by atoms with Gasteiger partial charge in [-0.2, -0.15) is 0 Å². The zero-order valence-electron chi connectivity index (χ0n) is 19.0. The Balaban J connectivity index is 1.38. The van der Waals surface area contributed by atoms with Gasteiger partial charge in [0.1, 0.15) is 18.1 Å². The zero-order valence-corrected chi connectivity index (χ0v) is 19.0. The SMILES string of the molecule is Cc1noc(C)c1COc1cc2ccccc2cc1C(=O)N1CCN(C2CCCC2)CC1. The first-order chi connectivity index (χ1) is 15.6. The van der Waals surface area contributed by atoms with E-state index in [1.165, 1.54) is 25.7 Å². The fourth-order valence-electron chi connectivity index (χ4n) is 5.09. The molecule has 5 rings (SSSR count). The second kappa shape index (κ2) is 8.94. The smallest absolute Gasteiger partial charge is 0.257 e. The van der Waals surface area contributed by atoms with Crippen LogP contribution >= 0.6 is 0 Å². The first kappa shape index (κ1) is 21.0. The Morgan fingerprint density at radius 3 is 2.41 bits per heavy atom. The average Bonchev–Trinajstić information content (AvgIpc) is 3.47. The highest BCUT2D eigenvalue weighted by Gasteiger charge is 2.29. The summed E-state index contributed by atoms with van der Waals surface area (Å²) in [7, 11) is 0. The third-order valence-electron chi connectivity index (χ3n) is 7.07. The lowest BCUT2D eigenvalue weighted by atomic mass is 10.0. The Morgan fingerprint density at radius 2 is 1.75 bits per heavy atom. The van der Waals surface area contributed by atoms with Crippen molar-refractivity contribution in [1.29, 1.82) is 0 Å². The molecule has 2 fully saturated rings. The number of benzene rings is 2. The molecule has 0 spiro atoms. The molecule has 0 bridgehead atoms. The summed E-state index contributed by atoms with van der Waals surface area (Å²) in [5, 5.41) is 6.12. The normalized spacial score (nSPS) is 17.9. The van der Waals surface area contributed by atoms with Gasteiger partial charge in [0.05, 0.1) is 16.8 Å². The maximum atomic E-state index is 13.6. The minimum atomic E-state index is 0.0515. The van der Waals surface area contributed by atoms with E-state index in [1.54, 1.807) is 0 Å².